The molecule has 1 nitrogen and oxygen atoms in total. The van der Waals surface area contributed by atoms with Crippen LogP contribution in [0.1, 0.15) is 52.4 Å². The first kappa shape index (κ1) is 11.8. The van der Waals surface area contributed by atoms with Crippen molar-refractivity contribution in [3.05, 3.63) is 12.2 Å². The fourth-order valence-corrected chi connectivity index (χ4v) is 2.01. The maximum atomic E-state index is 4.06. The van der Waals surface area contributed by atoms with Gasteiger partial charge >= 0.3 is 0 Å². The molecule has 1 N–H and O–H groups in total. The average Bonchev–Trinajstić information content (AvgIpc) is 2.99. The van der Waals surface area contributed by atoms with Crippen LogP contribution >= 0.6 is 0 Å². The smallest absolute Gasteiger partial charge is 0.00953 e. The quantitative estimate of drug-likeness (QED) is 0.584. The van der Waals surface area contributed by atoms with Gasteiger partial charge in [-0.15, -0.1) is 0 Å². The van der Waals surface area contributed by atoms with Gasteiger partial charge < -0.3 is 5.32 Å². The van der Waals surface area contributed by atoms with E-state index in [0.717, 1.165) is 24.9 Å². The van der Waals surface area contributed by atoms with Gasteiger partial charge in [0, 0.05) is 6.04 Å². The summed E-state index contributed by atoms with van der Waals surface area (Å²) in [5.74, 6) is 0.991. The minimum atomic E-state index is 0.796. The van der Waals surface area contributed by atoms with Crippen molar-refractivity contribution in [2.45, 2.75) is 58.4 Å². The number of nitrogens with one attached hydrogen (secondary N) is 1. The Morgan fingerprint density at radius 3 is 2.64 bits per heavy atom. The van der Waals surface area contributed by atoms with Gasteiger partial charge in [0.2, 0.25) is 0 Å². The van der Waals surface area contributed by atoms with Crippen LogP contribution in [0.3, 0.4) is 0 Å². The standard InChI is InChI=1S/C13H25N/c1-4-11(3)7-6-8-13(14-5-2)12-9-10-12/h12-14H,3-10H2,1-2H3. The Morgan fingerprint density at radius 1 is 1.43 bits per heavy atom. The van der Waals surface area contributed by atoms with Gasteiger partial charge in [0.15, 0.2) is 0 Å². The zero-order valence-electron chi connectivity index (χ0n) is 9.81. The van der Waals surface area contributed by atoms with E-state index in [4.69, 9.17) is 0 Å². The Morgan fingerprint density at radius 2 is 2.14 bits per heavy atom. The normalized spacial score (nSPS) is 18.1. The second kappa shape index (κ2) is 6.23. The maximum absolute atomic E-state index is 4.06. The molecule has 0 radical (unpaired) electrons. The van der Waals surface area contributed by atoms with E-state index in [0.29, 0.717) is 0 Å². The molecule has 14 heavy (non-hydrogen) atoms. The highest BCUT2D eigenvalue weighted by atomic mass is 14.9. The average molecular weight is 195 g/mol. The summed E-state index contributed by atoms with van der Waals surface area (Å²) in [6.45, 7) is 9.59. The minimum absolute atomic E-state index is 0.796. The predicted molar refractivity (Wildman–Crippen MR) is 63.5 cm³/mol. The van der Waals surface area contributed by atoms with Crippen molar-refractivity contribution in [1.82, 2.24) is 5.32 Å². The molecule has 0 bridgehead atoms. The highest BCUT2D eigenvalue weighted by Crippen LogP contribution is 2.34. The summed E-state index contributed by atoms with van der Waals surface area (Å²) in [5.41, 5.74) is 1.41. The van der Waals surface area contributed by atoms with Crippen molar-refractivity contribution < 1.29 is 0 Å². The first-order chi connectivity index (χ1) is 6.77. The van der Waals surface area contributed by atoms with E-state index in [1.54, 1.807) is 0 Å². The molecule has 0 saturated heterocycles. The summed E-state index contributed by atoms with van der Waals surface area (Å²) >= 11 is 0. The summed E-state index contributed by atoms with van der Waals surface area (Å²) in [7, 11) is 0. The summed E-state index contributed by atoms with van der Waals surface area (Å²) < 4.78 is 0. The van der Waals surface area contributed by atoms with Crippen molar-refractivity contribution >= 4 is 0 Å². The molecule has 1 aliphatic carbocycles. The molecule has 0 aliphatic heterocycles. The molecular formula is C13H25N. The van der Waals surface area contributed by atoms with Crippen molar-refractivity contribution in [2.24, 2.45) is 5.92 Å². The molecule has 0 aromatic rings. The van der Waals surface area contributed by atoms with Gasteiger partial charge in [-0.1, -0.05) is 26.0 Å². The summed E-state index contributed by atoms with van der Waals surface area (Å²) in [6.07, 6.45) is 7.94. The molecule has 1 saturated carbocycles. The fourth-order valence-electron chi connectivity index (χ4n) is 2.01. The van der Waals surface area contributed by atoms with Gasteiger partial charge in [-0.2, -0.15) is 0 Å². The van der Waals surface area contributed by atoms with Crippen molar-refractivity contribution in [3.8, 4) is 0 Å². The molecule has 1 heteroatoms. The van der Waals surface area contributed by atoms with Crippen LogP contribution in [-0.2, 0) is 0 Å². The van der Waals surface area contributed by atoms with Crippen LogP contribution in [0.15, 0.2) is 12.2 Å². The minimum Gasteiger partial charge on any atom is -0.314 e. The molecule has 0 spiro atoms. The van der Waals surface area contributed by atoms with Gasteiger partial charge in [0.1, 0.15) is 0 Å². The predicted octanol–water partition coefficient (Wildman–Crippen LogP) is 3.51. The molecule has 1 aliphatic rings. The highest BCUT2D eigenvalue weighted by molar-refractivity contribution is 4.93. The van der Waals surface area contributed by atoms with Gasteiger partial charge in [-0.25, -0.2) is 0 Å². The Hall–Kier alpha value is -0.300. The molecule has 0 heterocycles. The SMILES string of the molecule is C=C(CC)CCCC(NCC)C1CC1. The number of rotatable bonds is 8. The lowest BCUT2D eigenvalue weighted by atomic mass is 10.0. The van der Waals surface area contributed by atoms with Crippen molar-refractivity contribution in [1.29, 1.82) is 0 Å². The first-order valence-electron chi connectivity index (χ1n) is 6.18. The lowest BCUT2D eigenvalue weighted by molar-refractivity contribution is 0.433. The third-order valence-corrected chi connectivity index (χ3v) is 3.20. The Bertz CT molecular complexity index is 170. The van der Waals surface area contributed by atoms with Crippen LogP contribution in [0.5, 0.6) is 0 Å². The van der Waals surface area contributed by atoms with E-state index in [9.17, 15) is 0 Å². The van der Waals surface area contributed by atoms with Crippen LogP contribution in [0, 0.1) is 5.92 Å². The van der Waals surface area contributed by atoms with Gasteiger partial charge in [-0.3, -0.25) is 0 Å². The largest absolute Gasteiger partial charge is 0.314 e. The van der Waals surface area contributed by atoms with Gasteiger partial charge in [-0.05, 0) is 51.0 Å². The second-order valence-electron chi connectivity index (χ2n) is 4.50. The zero-order chi connectivity index (χ0) is 10.4. The van der Waals surface area contributed by atoms with E-state index < -0.39 is 0 Å². The van der Waals surface area contributed by atoms with Crippen LogP contribution in [0.2, 0.25) is 0 Å². The van der Waals surface area contributed by atoms with Crippen LogP contribution in [0.4, 0.5) is 0 Å². The zero-order valence-corrected chi connectivity index (χ0v) is 9.81. The summed E-state index contributed by atoms with van der Waals surface area (Å²) in [6, 6.07) is 0.796. The third-order valence-electron chi connectivity index (χ3n) is 3.20. The van der Waals surface area contributed by atoms with Gasteiger partial charge in [0.25, 0.3) is 0 Å². The molecule has 1 rings (SSSR count). The Kier molecular flexibility index (Phi) is 5.24. The lowest BCUT2D eigenvalue weighted by Crippen LogP contribution is -2.30. The molecule has 82 valence electrons. The Labute approximate surface area is 89.0 Å². The highest BCUT2D eigenvalue weighted by Gasteiger charge is 2.29. The van der Waals surface area contributed by atoms with E-state index in [1.807, 2.05) is 0 Å². The van der Waals surface area contributed by atoms with E-state index in [-0.39, 0.29) is 0 Å². The molecule has 1 atom stereocenters. The number of allylic oxidation sites excluding steroid dienone is 1. The summed E-state index contributed by atoms with van der Waals surface area (Å²) in [5, 5.41) is 3.61. The number of hydrogen-bond acceptors (Lipinski definition) is 1. The van der Waals surface area contributed by atoms with Crippen molar-refractivity contribution in [2.75, 3.05) is 6.54 Å². The van der Waals surface area contributed by atoms with Crippen LogP contribution in [-0.4, -0.2) is 12.6 Å². The fraction of sp³-hybridized carbons (Fsp3) is 0.846. The third kappa shape index (κ3) is 4.28. The monoisotopic (exact) mass is 195 g/mol. The summed E-state index contributed by atoms with van der Waals surface area (Å²) in [4.78, 5) is 0. The van der Waals surface area contributed by atoms with E-state index in [2.05, 4.69) is 25.7 Å². The van der Waals surface area contributed by atoms with Gasteiger partial charge in [0.05, 0.1) is 0 Å². The molecule has 1 fully saturated rings. The van der Waals surface area contributed by atoms with E-state index >= 15 is 0 Å². The first-order valence-corrected chi connectivity index (χ1v) is 6.18. The van der Waals surface area contributed by atoms with E-state index in [1.165, 1.54) is 37.7 Å². The lowest BCUT2D eigenvalue weighted by Gasteiger charge is -2.17. The number of hydrogen-bond donors (Lipinski definition) is 1. The topological polar surface area (TPSA) is 12.0 Å². The maximum Gasteiger partial charge on any atom is 0.00953 e. The molecule has 0 aromatic heterocycles. The molecule has 0 aromatic carbocycles. The molecule has 0 amide bonds. The van der Waals surface area contributed by atoms with Crippen LogP contribution in [0.25, 0.3) is 0 Å². The molecular weight excluding hydrogens is 170 g/mol. The Balaban J connectivity index is 2.10. The van der Waals surface area contributed by atoms with Crippen LogP contribution < -0.4 is 5.32 Å². The van der Waals surface area contributed by atoms with Crippen molar-refractivity contribution in [3.63, 3.8) is 0 Å². The molecule has 1 unspecified atom stereocenters. The second-order valence-corrected chi connectivity index (χ2v) is 4.50.